The number of carboxylic acid groups (broad SMARTS) is 1. The molecule has 2 rings (SSSR count). The van der Waals surface area contributed by atoms with Gasteiger partial charge < -0.3 is 10.4 Å². The number of carboxylic acids is 1. The first-order valence-electron chi connectivity index (χ1n) is 8.22. The quantitative estimate of drug-likeness (QED) is 0.693. The number of nitrogens with one attached hydrogen (secondary N) is 1. The molecule has 0 saturated carbocycles. The summed E-state index contributed by atoms with van der Waals surface area (Å²) in [6, 6.07) is 20.0. The summed E-state index contributed by atoms with van der Waals surface area (Å²) in [6.45, 7) is 2.15. The molecule has 0 amide bonds. The van der Waals surface area contributed by atoms with Crippen LogP contribution in [0.15, 0.2) is 60.7 Å². The second-order valence-corrected chi connectivity index (χ2v) is 5.71. The summed E-state index contributed by atoms with van der Waals surface area (Å²) >= 11 is 0. The fraction of sp³-hybridized carbons (Fsp3) is 0.300. The number of carbonyl (C=O) groups excluding carboxylic acids is 1. The predicted molar refractivity (Wildman–Crippen MR) is 93.8 cm³/mol. The minimum Gasteiger partial charge on any atom is -0.481 e. The fourth-order valence-corrected chi connectivity index (χ4v) is 2.76. The number of aliphatic carboxylic acids is 1. The second-order valence-electron chi connectivity index (χ2n) is 5.71. The van der Waals surface area contributed by atoms with Crippen molar-refractivity contribution in [3.05, 3.63) is 71.8 Å². The Morgan fingerprint density at radius 3 is 1.88 bits per heavy atom. The zero-order valence-corrected chi connectivity index (χ0v) is 13.8. The van der Waals surface area contributed by atoms with E-state index >= 15 is 0 Å². The number of hydrogen-bond donors (Lipinski definition) is 2. The molecule has 0 fully saturated rings. The van der Waals surface area contributed by atoms with E-state index in [-0.39, 0.29) is 24.7 Å². The van der Waals surface area contributed by atoms with Crippen molar-refractivity contribution in [1.82, 2.24) is 5.32 Å². The van der Waals surface area contributed by atoms with Crippen molar-refractivity contribution in [2.45, 2.75) is 25.8 Å². The molecule has 0 aromatic heterocycles. The normalized spacial score (nSPS) is 12.1. The van der Waals surface area contributed by atoms with Crippen molar-refractivity contribution in [3.8, 4) is 0 Å². The Kier molecular flexibility index (Phi) is 6.70. The van der Waals surface area contributed by atoms with Gasteiger partial charge in [-0.25, -0.2) is 0 Å². The highest BCUT2D eigenvalue weighted by Gasteiger charge is 2.24. The molecular weight excluding hydrogens is 302 g/mol. The van der Waals surface area contributed by atoms with Crippen LogP contribution in [0.2, 0.25) is 0 Å². The average Bonchev–Trinajstić information content (AvgIpc) is 2.62. The van der Waals surface area contributed by atoms with Gasteiger partial charge in [0, 0.05) is 6.42 Å². The highest BCUT2D eigenvalue weighted by atomic mass is 16.4. The van der Waals surface area contributed by atoms with Gasteiger partial charge in [0.1, 0.15) is 11.7 Å². The molecular formula is C20H23NO3. The number of hydrogen-bond acceptors (Lipinski definition) is 3. The molecule has 0 saturated heterocycles. The molecule has 4 nitrogen and oxygen atoms in total. The Bertz CT molecular complexity index is 616. The molecule has 0 bridgehead atoms. The van der Waals surface area contributed by atoms with E-state index in [1.807, 2.05) is 60.7 Å². The standard InChI is InChI=1S/C20H23NO3/c1-2-18(22)17(20(23)24)13-14-21-19(15-9-5-3-6-10-15)16-11-7-4-8-12-16/h3-12,17,19,21H,2,13-14H2,1H3,(H,23,24). The van der Waals surface area contributed by atoms with Crippen LogP contribution in [0.1, 0.15) is 36.9 Å². The van der Waals surface area contributed by atoms with Crippen LogP contribution in [0.3, 0.4) is 0 Å². The molecule has 24 heavy (non-hydrogen) atoms. The van der Waals surface area contributed by atoms with E-state index in [1.165, 1.54) is 0 Å². The van der Waals surface area contributed by atoms with Gasteiger partial charge in [0.15, 0.2) is 0 Å². The van der Waals surface area contributed by atoms with E-state index in [9.17, 15) is 14.7 Å². The van der Waals surface area contributed by atoms with Crippen molar-refractivity contribution in [2.24, 2.45) is 5.92 Å². The molecule has 126 valence electrons. The zero-order valence-electron chi connectivity index (χ0n) is 13.8. The first kappa shape index (κ1) is 17.9. The first-order valence-corrected chi connectivity index (χ1v) is 8.22. The van der Waals surface area contributed by atoms with Gasteiger partial charge in [0.25, 0.3) is 0 Å². The third kappa shape index (κ3) is 4.77. The lowest BCUT2D eigenvalue weighted by Gasteiger charge is -2.21. The van der Waals surface area contributed by atoms with Gasteiger partial charge in [-0.1, -0.05) is 67.6 Å². The zero-order chi connectivity index (χ0) is 17.4. The van der Waals surface area contributed by atoms with Crippen LogP contribution >= 0.6 is 0 Å². The van der Waals surface area contributed by atoms with Gasteiger partial charge in [-0.3, -0.25) is 9.59 Å². The molecule has 2 aromatic carbocycles. The largest absolute Gasteiger partial charge is 0.481 e. The van der Waals surface area contributed by atoms with E-state index < -0.39 is 11.9 Å². The summed E-state index contributed by atoms with van der Waals surface area (Å²) in [5.74, 6) is -2.20. The van der Waals surface area contributed by atoms with Crippen LogP contribution in [0.4, 0.5) is 0 Å². The molecule has 0 aliphatic heterocycles. The second kappa shape index (κ2) is 8.99. The number of rotatable bonds is 9. The Balaban J connectivity index is 2.10. The summed E-state index contributed by atoms with van der Waals surface area (Å²) in [5, 5.41) is 12.6. The first-order chi connectivity index (χ1) is 11.6. The number of benzene rings is 2. The molecule has 1 unspecified atom stereocenters. The van der Waals surface area contributed by atoms with Gasteiger partial charge in [0.05, 0.1) is 6.04 Å². The van der Waals surface area contributed by atoms with Gasteiger partial charge in [-0.05, 0) is 24.1 Å². The molecule has 0 spiro atoms. The molecule has 1 atom stereocenters. The van der Waals surface area contributed by atoms with Crippen molar-refractivity contribution in [3.63, 3.8) is 0 Å². The number of carbonyl (C=O) groups is 2. The third-order valence-corrected chi connectivity index (χ3v) is 4.08. The maximum atomic E-state index is 11.8. The van der Waals surface area contributed by atoms with E-state index in [0.29, 0.717) is 6.54 Å². The fourth-order valence-electron chi connectivity index (χ4n) is 2.76. The predicted octanol–water partition coefficient (Wildman–Crippen LogP) is 3.44. The van der Waals surface area contributed by atoms with Crippen molar-refractivity contribution in [2.75, 3.05) is 6.54 Å². The molecule has 0 aliphatic carbocycles. The summed E-state index contributed by atoms with van der Waals surface area (Å²) < 4.78 is 0. The van der Waals surface area contributed by atoms with Gasteiger partial charge >= 0.3 is 5.97 Å². The minimum atomic E-state index is -1.04. The number of ketones is 1. The van der Waals surface area contributed by atoms with Gasteiger partial charge in [-0.15, -0.1) is 0 Å². The molecule has 2 aromatic rings. The Labute approximate surface area is 142 Å². The topological polar surface area (TPSA) is 66.4 Å². The lowest BCUT2D eigenvalue weighted by atomic mass is 9.96. The van der Waals surface area contributed by atoms with Crippen LogP contribution in [0.5, 0.6) is 0 Å². The highest BCUT2D eigenvalue weighted by Crippen LogP contribution is 2.22. The van der Waals surface area contributed by atoms with Crippen LogP contribution in [-0.2, 0) is 9.59 Å². The summed E-state index contributed by atoms with van der Waals surface area (Å²) in [5.41, 5.74) is 2.22. The van der Waals surface area contributed by atoms with Crippen LogP contribution in [-0.4, -0.2) is 23.4 Å². The van der Waals surface area contributed by atoms with Crippen LogP contribution in [0, 0.1) is 5.92 Å². The van der Waals surface area contributed by atoms with Crippen molar-refractivity contribution in [1.29, 1.82) is 0 Å². The van der Waals surface area contributed by atoms with Crippen LogP contribution in [0.25, 0.3) is 0 Å². The lowest BCUT2D eigenvalue weighted by molar-refractivity contribution is -0.146. The van der Waals surface area contributed by atoms with E-state index in [0.717, 1.165) is 11.1 Å². The maximum absolute atomic E-state index is 11.8. The molecule has 0 aliphatic rings. The molecule has 0 radical (unpaired) electrons. The number of Topliss-reactive ketones (excluding diaryl/α,β-unsaturated/α-hetero) is 1. The molecule has 2 N–H and O–H groups in total. The van der Waals surface area contributed by atoms with Gasteiger partial charge in [-0.2, -0.15) is 0 Å². The van der Waals surface area contributed by atoms with Crippen molar-refractivity contribution < 1.29 is 14.7 Å². The third-order valence-electron chi connectivity index (χ3n) is 4.08. The van der Waals surface area contributed by atoms with E-state index in [4.69, 9.17) is 0 Å². The van der Waals surface area contributed by atoms with E-state index in [1.54, 1.807) is 6.92 Å². The smallest absolute Gasteiger partial charge is 0.314 e. The highest BCUT2D eigenvalue weighted by molar-refractivity contribution is 5.97. The summed E-state index contributed by atoms with van der Waals surface area (Å²) in [7, 11) is 0. The molecule has 4 heteroatoms. The Hall–Kier alpha value is -2.46. The van der Waals surface area contributed by atoms with Gasteiger partial charge in [0.2, 0.25) is 0 Å². The lowest BCUT2D eigenvalue weighted by Crippen LogP contribution is -2.30. The molecule has 0 heterocycles. The van der Waals surface area contributed by atoms with E-state index in [2.05, 4.69) is 5.32 Å². The monoisotopic (exact) mass is 325 g/mol. The van der Waals surface area contributed by atoms with Crippen LogP contribution < -0.4 is 5.32 Å². The Morgan fingerprint density at radius 1 is 0.958 bits per heavy atom. The summed E-state index contributed by atoms with van der Waals surface area (Å²) in [4.78, 5) is 23.0. The summed E-state index contributed by atoms with van der Waals surface area (Å²) in [6.07, 6.45) is 0.538. The van der Waals surface area contributed by atoms with Crippen molar-refractivity contribution >= 4 is 11.8 Å². The SMILES string of the molecule is CCC(=O)C(CCNC(c1ccccc1)c1ccccc1)C(=O)O. The minimum absolute atomic E-state index is 0.0291. The average molecular weight is 325 g/mol. The Morgan fingerprint density at radius 2 is 1.46 bits per heavy atom. The maximum Gasteiger partial charge on any atom is 0.314 e.